The zero-order valence-corrected chi connectivity index (χ0v) is 17.2. The Bertz CT molecular complexity index is 1110. The van der Waals surface area contributed by atoms with Gasteiger partial charge in [0, 0.05) is 42.2 Å². The van der Waals surface area contributed by atoms with E-state index in [1.165, 1.54) is 12.4 Å². The maximum Gasteiger partial charge on any atom is 0.435 e. The summed E-state index contributed by atoms with van der Waals surface area (Å²) in [5.74, 6) is -0.196. The van der Waals surface area contributed by atoms with Gasteiger partial charge in [-0.1, -0.05) is 0 Å². The third-order valence-corrected chi connectivity index (χ3v) is 5.09. The van der Waals surface area contributed by atoms with Gasteiger partial charge in [0.25, 0.3) is 0 Å². The summed E-state index contributed by atoms with van der Waals surface area (Å²) in [4.78, 5) is 15.8. The predicted molar refractivity (Wildman–Crippen MR) is 105 cm³/mol. The van der Waals surface area contributed by atoms with Gasteiger partial charge < -0.3 is 15.4 Å². The summed E-state index contributed by atoms with van der Waals surface area (Å²) in [5.41, 5.74) is -0.458. The van der Waals surface area contributed by atoms with Crippen LogP contribution >= 0.6 is 0 Å². The van der Waals surface area contributed by atoms with Crippen LogP contribution in [0.1, 0.15) is 44.0 Å². The molecule has 1 aliphatic carbocycles. The van der Waals surface area contributed by atoms with Crippen LogP contribution in [-0.2, 0) is 10.9 Å². The van der Waals surface area contributed by atoms with Gasteiger partial charge in [-0.05, 0) is 26.7 Å². The monoisotopic (exact) mass is 455 g/mol. The number of nitrogens with one attached hydrogen (secondary N) is 3. The second kappa shape index (κ2) is 8.28. The molecule has 0 radical (unpaired) electrons. The van der Waals surface area contributed by atoms with Crippen LogP contribution in [0.15, 0.2) is 24.5 Å². The van der Waals surface area contributed by atoms with Crippen molar-refractivity contribution in [2.24, 2.45) is 0 Å². The van der Waals surface area contributed by atoms with Gasteiger partial charge in [-0.3, -0.25) is 5.10 Å². The number of fused-ring (bicyclic) bond motifs is 1. The maximum atomic E-state index is 14.9. The van der Waals surface area contributed by atoms with E-state index in [4.69, 9.17) is 4.74 Å². The standard InChI is InChI=1S/C19H21F4N7O2/c1-9(2)25-18(31)32-13-4-3-10(16(13)20)11-7-15(28-27-11)26-17-12-8-14(19(21,22)23)29-30(12)6-5-24-17/h5-10,13,16H,3-4H2,1-2H3,(H,25,31)(H2,24,26,27,28)/t10-,13-,16-/m0/s1. The van der Waals surface area contributed by atoms with Gasteiger partial charge in [0.15, 0.2) is 17.3 Å². The number of ether oxygens (including phenoxy) is 1. The molecule has 1 amide bonds. The smallest absolute Gasteiger partial charge is 0.435 e. The first kappa shape index (κ1) is 21.8. The fourth-order valence-electron chi connectivity index (χ4n) is 3.65. The molecule has 13 heteroatoms. The molecule has 0 aliphatic heterocycles. The van der Waals surface area contributed by atoms with E-state index in [0.29, 0.717) is 18.5 Å². The molecule has 4 rings (SSSR count). The van der Waals surface area contributed by atoms with Gasteiger partial charge >= 0.3 is 12.3 Å². The number of alkyl carbamates (subject to hydrolysis) is 1. The van der Waals surface area contributed by atoms with Gasteiger partial charge in [-0.2, -0.15) is 23.4 Å². The van der Waals surface area contributed by atoms with Crippen molar-refractivity contribution in [3.63, 3.8) is 0 Å². The summed E-state index contributed by atoms with van der Waals surface area (Å²) < 4.78 is 60.0. The minimum absolute atomic E-state index is 0.109. The van der Waals surface area contributed by atoms with Crippen molar-refractivity contribution in [2.75, 3.05) is 5.32 Å². The normalized spacial score (nSPS) is 21.3. The third kappa shape index (κ3) is 4.46. The van der Waals surface area contributed by atoms with Crippen LogP contribution in [-0.4, -0.2) is 49.2 Å². The number of carbonyl (C=O) groups is 1. The average Bonchev–Trinajstić information content (AvgIpc) is 3.40. The topological polar surface area (TPSA) is 109 Å². The molecule has 3 aromatic heterocycles. The Kier molecular flexibility index (Phi) is 5.65. The summed E-state index contributed by atoms with van der Waals surface area (Å²) in [6.45, 7) is 3.54. The summed E-state index contributed by atoms with van der Waals surface area (Å²) in [7, 11) is 0. The Morgan fingerprint density at radius 3 is 2.81 bits per heavy atom. The Labute approximate surface area is 179 Å². The largest absolute Gasteiger partial charge is 0.443 e. The molecule has 0 aromatic carbocycles. The lowest BCUT2D eigenvalue weighted by Gasteiger charge is -2.18. The number of aromatic nitrogens is 5. The summed E-state index contributed by atoms with van der Waals surface area (Å²) in [5, 5.41) is 15.7. The van der Waals surface area contributed by atoms with Crippen LogP contribution in [0.2, 0.25) is 0 Å². The molecule has 9 nitrogen and oxygen atoms in total. The van der Waals surface area contributed by atoms with E-state index < -0.39 is 36.2 Å². The van der Waals surface area contributed by atoms with Gasteiger partial charge in [0.1, 0.15) is 17.8 Å². The second-order valence-corrected chi connectivity index (χ2v) is 7.84. The molecule has 172 valence electrons. The van der Waals surface area contributed by atoms with E-state index in [9.17, 15) is 22.4 Å². The van der Waals surface area contributed by atoms with Crippen LogP contribution in [0, 0.1) is 0 Å². The molecular weight excluding hydrogens is 434 g/mol. The minimum Gasteiger partial charge on any atom is -0.443 e. The number of amides is 1. The van der Waals surface area contributed by atoms with Crippen molar-refractivity contribution in [1.29, 1.82) is 0 Å². The zero-order chi connectivity index (χ0) is 23.0. The summed E-state index contributed by atoms with van der Waals surface area (Å²) >= 11 is 0. The number of halogens is 4. The second-order valence-electron chi connectivity index (χ2n) is 7.84. The predicted octanol–water partition coefficient (Wildman–Crippen LogP) is 3.93. The molecular formula is C19H21F4N7O2. The number of rotatable bonds is 5. The molecule has 1 aliphatic rings. The number of anilines is 2. The van der Waals surface area contributed by atoms with Crippen molar-refractivity contribution < 1.29 is 27.1 Å². The number of aromatic amines is 1. The Morgan fingerprint density at radius 1 is 1.31 bits per heavy atom. The van der Waals surface area contributed by atoms with Crippen LogP contribution in [0.25, 0.3) is 5.52 Å². The van der Waals surface area contributed by atoms with Crippen molar-refractivity contribution in [1.82, 2.24) is 30.1 Å². The number of hydrogen-bond donors (Lipinski definition) is 3. The molecule has 0 spiro atoms. The highest BCUT2D eigenvalue weighted by atomic mass is 19.4. The zero-order valence-electron chi connectivity index (χ0n) is 17.2. The van der Waals surface area contributed by atoms with Crippen LogP contribution < -0.4 is 10.6 Å². The molecule has 1 fully saturated rings. The third-order valence-electron chi connectivity index (χ3n) is 5.09. The fraction of sp³-hybridized carbons (Fsp3) is 0.474. The molecule has 32 heavy (non-hydrogen) atoms. The van der Waals surface area contributed by atoms with E-state index in [1.807, 2.05) is 0 Å². The first-order valence-electron chi connectivity index (χ1n) is 9.97. The van der Waals surface area contributed by atoms with Crippen LogP contribution in [0.3, 0.4) is 0 Å². The lowest BCUT2D eigenvalue weighted by Crippen LogP contribution is -2.36. The fourth-order valence-corrected chi connectivity index (χ4v) is 3.65. The van der Waals surface area contributed by atoms with E-state index in [-0.39, 0.29) is 23.2 Å². The van der Waals surface area contributed by atoms with E-state index in [1.54, 1.807) is 19.9 Å². The highest BCUT2D eigenvalue weighted by Gasteiger charge is 2.41. The Morgan fingerprint density at radius 2 is 2.09 bits per heavy atom. The minimum atomic E-state index is -4.59. The Balaban J connectivity index is 1.47. The number of alkyl halides is 4. The Hall–Kier alpha value is -3.38. The SMILES string of the molecule is CC(C)NC(=O)O[C@H]1CC[C@@H](c2cc(Nc3nccn4nc(C(F)(F)F)cc34)n[nH]2)[C@@H]1F. The van der Waals surface area contributed by atoms with Crippen molar-refractivity contribution in [3.05, 3.63) is 35.9 Å². The molecule has 3 heterocycles. The number of nitrogens with zero attached hydrogens (tertiary/aromatic N) is 4. The van der Waals surface area contributed by atoms with Crippen molar-refractivity contribution in [3.8, 4) is 0 Å². The quantitative estimate of drug-likeness (QED) is 0.503. The molecule has 0 unspecified atom stereocenters. The van der Waals surface area contributed by atoms with Crippen LogP contribution in [0.5, 0.6) is 0 Å². The lowest BCUT2D eigenvalue weighted by atomic mass is 10.0. The van der Waals surface area contributed by atoms with Gasteiger partial charge in [-0.25, -0.2) is 18.7 Å². The molecule has 1 saturated carbocycles. The lowest BCUT2D eigenvalue weighted by molar-refractivity contribution is -0.141. The highest BCUT2D eigenvalue weighted by molar-refractivity contribution is 5.72. The van der Waals surface area contributed by atoms with Crippen molar-refractivity contribution >= 4 is 23.2 Å². The molecule has 3 atom stereocenters. The number of hydrogen-bond acceptors (Lipinski definition) is 6. The van der Waals surface area contributed by atoms with E-state index >= 15 is 0 Å². The highest BCUT2D eigenvalue weighted by Crippen LogP contribution is 2.39. The first-order chi connectivity index (χ1) is 15.1. The van der Waals surface area contributed by atoms with Gasteiger partial charge in [0.2, 0.25) is 0 Å². The number of carbonyl (C=O) groups excluding carboxylic acids is 1. The number of H-pyrrole nitrogens is 1. The molecule has 3 aromatic rings. The van der Waals surface area contributed by atoms with Crippen LogP contribution in [0.4, 0.5) is 34.0 Å². The molecule has 3 N–H and O–H groups in total. The summed E-state index contributed by atoms with van der Waals surface area (Å²) in [6, 6.07) is 2.31. The van der Waals surface area contributed by atoms with Gasteiger partial charge in [-0.15, -0.1) is 0 Å². The first-order valence-corrected chi connectivity index (χ1v) is 9.97. The molecule has 0 saturated heterocycles. The molecule has 0 bridgehead atoms. The average molecular weight is 455 g/mol. The van der Waals surface area contributed by atoms with Gasteiger partial charge in [0.05, 0.1) is 0 Å². The van der Waals surface area contributed by atoms with E-state index in [2.05, 4.69) is 30.9 Å². The van der Waals surface area contributed by atoms with Crippen molar-refractivity contribution in [2.45, 2.75) is 57.1 Å². The van der Waals surface area contributed by atoms with E-state index in [0.717, 1.165) is 10.6 Å². The maximum absolute atomic E-state index is 14.9. The summed E-state index contributed by atoms with van der Waals surface area (Å²) in [6.07, 6.45) is -4.16.